The van der Waals surface area contributed by atoms with Crippen LogP contribution in [0.4, 0.5) is 4.39 Å². The average molecular weight is 365 g/mol. The van der Waals surface area contributed by atoms with Crippen molar-refractivity contribution in [3.63, 3.8) is 0 Å². The Morgan fingerprint density at radius 2 is 1.85 bits per heavy atom. The molecule has 1 aliphatic heterocycles. The molecule has 2 aromatic carbocycles. The first-order chi connectivity index (χ1) is 13.2. The summed E-state index contributed by atoms with van der Waals surface area (Å²) in [5.41, 5.74) is 3.45. The van der Waals surface area contributed by atoms with Gasteiger partial charge in [-0.2, -0.15) is 0 Å². The van der Waals surface area contributed by atoms with E-state index in [2.05, 4.69) is 46.3 Å². The first-order valence-corrected chi connectivity index (χ1v) is 9.52. The number of halogens is 1. The van der Waals surface area contributed by atoms with Crippen molar-refractivity contribution in [2.45, 2.75) is 32.7 Å². The molecule has 1 saturated heterocycles. The van der Waals surface area contributed by atoms with Gasteiger partial charge in [0, 0.05) is 12.1 Å². The van der Waals surface area contributed by atoms with Crippen LogP contribution in [-0.2, 0) is 13.0 Å². The molecule has 1 aromatic heterocycles. The van der Waals surface area contributed by atoms with Crippen LogP contribution in [-0.4, -0.2) is 28.2 Å². The molecule has 1 fully saturated rings. The van der Waals surface area contributed by atoms with Gasteiger partial charge in [0.1, 0.15) is 5.82 Å². The van der Waals surface area contributed by atoms with Crippen LogP contribution in [0.2, 0.25) is 0 Å². The van der Waals surface area contributed by atoms with Crippen molar-refractivity contribution >= 4 is 0 Å². The zero-order valence-electron chi connectivity index (χ0n) is 15.6. The highest BCUT2D eigenvalue weighted by Crippen LogP contribution is 2.23. The van der Waals surface area contributed by atoms with Crippen molar-refractivity contribution in [3.8, 4) is 11.5 Å². The smallest absolute Gasteiger partial charge is 0.247 e. The minimum atomic E-state index is -0.272. The molecule has 0 bridgehead atoms. The summed E-state index contributed by atoms with van der Waals surface area (Å²) in [6.07, 6.45) is 3.56. The van der Waals surface area contributed by atoms with E-state index in [1.807, 2.05) is 0 Å². The summed E-state index contributed by atoms with van der Waals surface area (Å²) in [6, 6.07) is 15.0. The standard InChI is InChI=1S/C22H24FN3O/c1-16-4-6-17(7-5-16)13-18-3-2-12-26(14-18)15-21-24-25-22(27-21)19-8-10-20(23)11-9-19/h4-11,18H,2-3,12-15H2,1H3. The molecule has 4 nitrogen and oxygen atoms in total. The quantitative estimate of drug-likeness (QED) is 0.661. The van der Waals surface area contributed by atoms with Crippen LogP contribution < -0.4 is 0 Å². The summed E-state index contributed by atoms with van der Waals surface area (Å²) < 4.78 is 18.8. The lowest BCUT2D eigenvalue weighted by atomic mass is 9.91. The highest BCUT2D eigenvalue weighted by atomic mass is 19.1. The Morgan fingerprint density at radius 3 is 2.63 bits per heavy atom. The predicted molar refractivity (Wildman–Crippen MR) is 103 cm³/mol. The first kappa shape index (κ1) is 17.9. The third kappa shape index (κ3) is 4.61. The van der Waals surface area contributed by atoms with Crippen LogP contribution in [0.15, 0.2) is 52.9 Å². The van der Waals surface area contributed by atoms with E-state index in [1.165, 1.54) is 36.1 Å². The number of aryl methyl sites for hydroxylation is 1. The van der Waals surface area contributed by atoms with Gasteiger partial charge in [0.25, 0.3) is 0 Å². The number of hydrogen-bond donors (Lipinski definition) is 0. The van der Waals surface area contributed by atoms with Gasteiger partial charge in [-0.1, -0.05) is 29.8 Å². The molecule has 4 rings (SSSR count). The lowest BCUT2D eigenvalue weighted by molar-refractivity contribution is 0.154. The van der Waals surface area contributed by atoms with Crippen LogP contribution >= 0.6 is 0 Å². The summed E-state index contributed by atoms with van der Waals surface area (Å²) in [5.74, 6) is 1.44. The fourth-order valence-electron chi connectivity index (χ4n) is 3.74. The van der Waals surface area contributed by atoms with Crippen LogP contribution in [0.3, 0.4) is 0 Å². The number of nitrogens with zero attached hydrogens (tertiary/aromatic N) is 3. The van der Waals surface area contributed by atoms with Crippen molar-refractivity contribution in [3.05, 3.63) is 71.4 Å². The van der Waals surface area contributed by atoms with E-state index in [0.29, 0.717) is 24.2 Å². The van der Waals surface area contributed by atoms with Crippen LogP contribution in [0, 0.1) is 18.7 Å². The summed E-state index contributed by atoms with van der Waals surface area (Å²) in [4.78, 5) is 2.39. The fraction of sp³-hybridized carbons (Fsp3) is 0.364. The van der Waals surface area contributed by atoms with Crippen molar-refractivity contribution in [1.82, 2.24) is 15.1 Å². The van der Waals surface area contributed by atoms with Gasteiger partial charge < -0.3 is 4.42 Å². The summed E-state index contributed by atoms with van der Waals surface area (Å²) in [7, 11) is 0. The molecule has 0 radical (unpaired) electrons. The Morgan fingerprint density at radius 1 is 1.07 bits per heavy atom. The van der Waals surface area contributed by atoms with E-state index >= 15 is 0 Å². The predicted octanol–water partition coefficient (Wildman–Crippen LogP) is 4.64. The Kier molecular flexibility index (Phi) is 5.30. The normalized spacial score (nSPS) is 17.9. The van der Waals surface area contributed by atoms with Gasteiger partial charge in [-0.05, 0) is 68.5 Å². The van der Waals surface area contributed by atoms with Gasteiger partial charge in [-0.15, -0.1) is 10.2 Å². The maximum absolute atomic E-state index is 13.1. The molecular formula is C22H24FN3O. The number of likely N-dealkylation sites (tertiary alicyclic amines) is 1. The zero-order valence-corrected chi connectivity index (χ0v) is 15.6. The van der Waals surface area contributed by atoms with Crippen LogP contribution in [0.5, 0.6) is 0 Å². The van der Waals surface area contributed by atoms with Crippen molar-refractivity contribution in [1.29, 1.82) is 0 Å². The maximum atomic E-state index is 13.1. The van der Waals surface area contributed by atoms with E-state index in [1.54, 1.807) is 12.1 Å². The molecule has 2 heterocycles. The van der Waals surface area contributed by atoms with Gasteiger partial charge >= 0.3 is 0 Å². The Balaban J connectivity index is 1.36. The topological polar surface area (TPSA) is 42.2 Å². The second-order valence-corrected chi connectivity index (χ2v) is 7.44. The van der Waals surface area contributed by atoms with Gasteiger partial charge in [0.15, 0.2) is 0 Å². The molecule has 0 N–H and O–H groups in total. The lowest BCUT2D eigenvalue weighted by Crippen LogP contribution is -2.35. The van der Waals surface area contributed by atoms with E-state index in [0.717, 1.165) is 25.1 Å². The summed E-state index contributed by atoms with van der Waals surface area (Å²) in [5, 5.41) is 8.29. The fourth-order valence-corrected chi connectivity index (χ4v) is 3.74. The Bertz CT molecular complexity index is 873. The van der Waals surface area contributed by atoms with E-state index in [9.17, 15) is 4.39 Å². The minimum absolute atomic E-state index is 0.272. The van der Waals surface area contributed by atoms with Gasteiger partial charge in [0.05, 0.1) is 6.54 Å². The second-order valence-electron chi connectivity index (χ2n) is 7.44. The molecule has 1 atom stereocenters. The summed E-state index contributed by atoms with van der Waals surface area (Å²) in [6.45, 7) is 4.89. The lowest BCUT2D eigenvalue weighted by Gasteiger charge is -2.31. The molecule has 0 amide bonds. The number of aromatic nitrogens is 2. The Hall–Kier alpha value is -2.53. The van der Waals surface area contributed by atoms with Crippen molar-refractivity contribution < 1.29 is 8.81 Å². The van der Waals surface area contributed by atoms with E-state index in [4.69, 9.17) is 4.42 Å². The van der Waals surface area contributed by atoms with Gasteiger partial charge in [0.2, 0.25) is 11.8 Å². The Labute approximate surface area is 159 Å². The summed E-state index contributed by atoms with van der Waals surface area (Å²) >= 11 is 0. The van der Waals surface area contributed by atoms with E-state index in [-0.39, 0.29) is 5.82 Å². The van der Waals surface area contributed by atoms with E-state index < -0.39 is 0 Å². The number of hydrogen-bond acceptors (Lipinski definition) is 4. The zero-order chi connectivity index (χ0) is 18.6. The highest BCUT2D eigenvalue weighted by Gasteiger charge is 2.22. The van der Waals surface area contributed by atoms with Gasteiger partial charge in [-0.25, -0.2) is 4.39 Å². The largest absolute Gasteiger partial charge is 0.419 e. The minimum Gasteiger partial charge on any atom is -0.419 e. The molecule has 1 unspecified atom stereocenters. The first-order valence-electron chi connectivity index (χ1n) is 9.52. The third-order valence-corrected chi connectivity index (χ3v) is 5.16. The molecular weight excluding hydrogens is 341 g/mol. The van der Waals surface area contributed by atoms with Crippen LogP contribution in [0.1, 0.15) is 29.9 Å². The highest BCUT2D eigenvalue weighted by molar-refractivity contribution is 5.51. The molecule has 27 heavy (non-hydrogen) atoms. The van der Waals surface area contributed by atoms with Crippen LogP contribution in [0.25, 0.3) is 11.5 Å². The van der Waals surface area contributed by atoms with Crippen molar-refractivity contribution in [2.75, 3.05) is 13.1 Å². The molecule has 5 heteroatoms. The average Bonchev–Trinajstić information content (AvgIpc) is 3.13. The van der Waals surface area contributed by atoms with Crippen molar-refractivity contribution in [2.24, 2.45) is 5.92 Å². The van der Waals surface area contributed by atoms with Gasteiger partial charge in [-0.3, -0.25) is 4.90 Å². The molecule has 1 aliphatic rings. The molecule has 0 aliphatic carbocycles. The molecule has 140 valence electrons. The number of rotatable bonds is 5. The SMILES string of the molecule is Cc1ccc(CC2CCCN(Cc3nnc(-c4ccc(F)cc4)o3)C2)cc1. The third-order valence-electron chi connectivity index (χ3n) is 5.16. The number of piperidine rings is 1. The molecule has 0 spiro atoms. The number of benzene rings is 2. The molecule has 3 aromatic rings. The molecule has 0 saturated carbocycles. The maximum Gasteiger partial charge on any atom is 0.247 e. The second kappa shape index (κ2) is 8.01. The monoisotopic (exact) mass is 365 g/mol.